The maximum Gasteiger partial charge on any atom is 0.261 e. The molecule has 0 saturated carbocycles. The van der Waals surface area contributed by atoms with E-state index in [-0.39, 0.29) is 0 Å². The fourth-order valence-corrected chi connectivity index (χ4v) is 2.97. The molecular weight excluding hydrogens is 324 g/mol. The maximum absolute atomic E-state index is 5.63. The van der Waals surface area contributed by atoms with E-state index in [1.807, 2.05) is 19.9 Å². The fourth-order valence-electron chi connectivity index (χ4n) is 1.63. The number of rotatable bonds is 5. The molecule has 0 spiro atoms. The van der Waals surface area contributed by atoms with E-state index in [1.54, 1.807) is 11.8 Å². The van der Waals surface area contributed by atoms with Crippen molar-refractivity contribution in [1.29, 1.82) is 0 Å². The molecule has 0 aliphatic carbocycles. The van der Waals surface area contributed by atoms with Crippen molar-refractivity contribution in [1.82, 2.24) is 10.3 Å². The summed E-state index contributed by atoms with van der Waals surface area (Å²) in [5, 5.41) is 4.05. The van der Waals surface area contributed by atoms with E-state index in [0.29, 0.717) is 5.22 Å². The van der Waals surface area contributed by atoms with Crippen molar-refractivity contribution in [3.8, 4) is 0 Å². The molecule has 5 heteroatoms. The summed E-state index contributed by atoms with van der Waals surface area (Å²) >= 11 is 5.08. The summed E-state index contributed by atoms with van der Waals surface area (Å²) in [6, 6.07) is 6.27. The van der Waals surface area contributed by atoms with Crippen molar-refractivity contribution in [2.24, 2.45) is 0 Å². The van der Waals surface area contributed by atoms with Crippen LogP contribution in [0.15, 0.2) is 37.2 Å². The molecule has 19 heavy (non-hydrogen) atoms. The highest BCUT2D eigenvalue weighted by Gasteiger charge is 2.11. The second-order valence-corrected chi connectivity index (χ2v) is 6.16. The van der Waals surface area contributed by atoms with Crippen LogP contribution in [0, 0.1) is 13.8 Å². The maximum atomic E-state index is 5.63. The molecule has 2 rings (SSSR count). The lowest BCUT2D eigenvalue weighted by Gasteiger charge is -2.08. The summed E-state index contributed by atoms with van der Waals surface area (Å²) in [5.74, 6) is 0.882. The van der Waals surface area contributed by atoms with Gasteiger partial charge in [-0.05, 0) is 55.9 Å². The average molecular weight is 341 g/mol. The van der Waals surface area contributed by atoms with Crippen molar-refractivity contribution in [2.75, 3.05) is 6.54 Å². The molecule has 0 aliphatic heterocycles. The minimum Gasteiger partial charge on any atom is -0.436 e. The molecule has 3 nitrogen and oxygen atoms in total. The summed E-state index contributed by atoms with van der Waals surface area (Å²) in [6.45, 7) is 7.80. The van der Waals surface area contributed by atoms with Crippen molar-refractivity contribution in [3.63, 3.8) is 0 Å². The van der Waals surface area contributed by atoms with Crippen LogP contribution < -0.4 is 5.32 Å². The van der Waals surface area contributed by atoms with Gasteiger partial charge in [0.25, 0.3) is 5.22 Å². The Hall–Kier alpha value is -0.780. The second-order valence-electron chi connectivity index (χ2n) is 4.26. The number of aromatic nitrogens is 1. The van der Waals surface area contributed by atoms with Gasteiger partial charge in [0.2, 0.25) is 0 Å². The Kier molecular flexibility index (Phi) is 5.07. The predicted molar refractivity (Wildman–Crippen MR) is 81.6 cm³/mol. The Morgan fingerprint density at radius 2 is 2.16 bits per heavy atom. The first-order valence-corrected chi connectivity index (χ1v) is 7.82. The second kappa shape index (κ2) is 6.59. The highest BCUT2D eigenvalue weighted by molar-refractivity contribution is 9.10. The first-order chi connectivity index (χ1) is 9.10. The molecule has 1 N–H and O–H groups in total. The van der Waals surface area contributed by atoms with Crippen molar-refractivity contribution < 1.29 is 4.42 Å². The molecule has 0 fully saturated rings. The van der Waals surface area contributed by atoms with Crippen LogP contribution in [-0.4, -0.2) is 11.5 Å². The van der Waals surface area contributed by atoms with Crippen LogP contribution in [0.5, 0.6) is 0 Å². The molecule has 1 aromatic carbocycles. The van der Waals surface area contributed by atoms with E-state index in [0.717, 1.165) is 29.0 Å². The minimum absolute atomic E-state index is 0.704. The molecule has 0 saturated heterocycles. The molecule has 0 bridgehead atoms. The van der Waals surface area contributed by atoms with Gasteiger partial charge in [-0.3, -0.25) is 0 Å². The number of nitrogens with one attached hydrogen (secondary N) is 1. The lowest BCUT2D eigenvalue weighted by molar-refractivity contribution is 0.431. The van der Waals surface area contributed by atoms with E-state index in [2.05, 4.69) is 45.3 Å². The number of hydrogen-bond acceptors (Lipinski definition) is 4. The zero-order valence-corrected chi connectivity index (χ0v) is 13.7. The number of halogens is 1. The SMILES string of the molecule is CCNCc1cc(Br)ccc1Sc1nc(C)c(C)o1. The van der Waals surface area contributed by atoms with Crippen LogP contribution in [0.3, 0.4) is 0 Å². The summed E-state index contributed by atoms with van der Waals surface area (Å²) in [6.07, 6.45) is 0. The molecule has 0 unspecified atom stereocenters. The Balaban J connectivity index is 2.23. The van der Waals surface area contributed by atoms with Crippen LogP contribution in [0.4, 0.5) is 0 Å². The van der Waals surface area contributed by atoms with Gasteiger partial charge >= 0.3 is 0 Å². The molecule has 102 valence electrons. The van der Waals surface area contributed by atoms with Gasteiger partial charge < -0.3 is 9.73 Å². The normalized spacial score (nSPS) is 10.9. The van der Waals surface area contributed by atoms with Gasteiger partial charge in [-0.2, -0.15) is 0 Å². The smallest absolute Gasteiger partial charge is 0.261 e. The monoisotopic (exact) mass is 340 g/mol. The molecule has 0 atom stereocenters. The third-order valence-electron chi connectivity index (χ3n) is 2.79. The van der Waals surface area contributed by atoms with Gasteiger partial charge in [-0.15, -0.1) is 0 Å². The highest BCUT2D eigenvalue weighted by atomic mass is 79.9. The van der Waals surface area contributed by atoms with Crippen molar-refractivity contribution in [2.45, 2.75) is 37.4 Å². The van der Waals surface area contributed by atoms with Crippen molar-refractivity contribution >= 4 is 27.7 Å². The van der Waals surface area contributed by atoms with Gasteiger partial charge in [0.05, 0.1) is 5.69 Å². The van der Waals surface area contributed by atoms with Crippen LogP contribution in [0.25, 0.3) is 0 Å². The molecule has 1 aromatic heterocycles. The first kappa shape index (κ1) is 14.6. The third kappa shape index (κ3) is 3.84. The molecular formula is C14H17BrN2OS. The lowest BCUT2D eigenvalue weighted by atomic mass is 10.2. The quantitative estimate of drug-likeness (QED) is 0.879. The van der Waals surface area contributed by atoms with Crippen LogP contribution in [0.1, 0.15) is 23.9 Å². The molecule has 1 heterocycles. The number of aryl methyl sites for hydroxylation is 2. The Morgan fingerprint density at radius 3 is 2.79 bits per heavy atom. The molecule has 0 amide bonds. The van der Waals surface area contributed by atoms with Gasteiger partial charge in [-0.25, -0.2) is 4.98 Å². The number of nitrogens with zero attached hydrogens (tertiary/aromatic N) is 1. The van der Waals surface area contributed by atoms with E-state index < -0.39 is 0 Å². The van der Waals surface area contributed by atoms with Gasteiger partial charge in [0.15, 0.2) is 0 Å². The van der Waals surface area contributed by atoms with Crippen LogP contribution >= 0.6 is 27.7 Å². The summed E-state index contributed by atoms with van der Waals surface area (Å²) in [4.78, 5) is 5.59. The lowest BCUT2D eigenvalue weighted by Crippen LogP contribution is -2.12. The standard InChI is InChI=1S/C14H17BrN2OS/c1-4-16-8-11-7-12(15)5-6-13(11)19-14-17-9(2)10(3)18-14/h5-7,16H,4,8H2,1-3H3. The number of oxazole rings is 1. The van der Waals surface area contributed by atoms with Gasteiger partial charge in [-0.1, -0.05) is 22.9 Å². The summed E-state index contributed by atoms with van der Waals surface area (Å²) < 4.78 is 6.72. The van der Waals surface area contributed by atoms with Crippen LogP contribution in [-0.2, 0) is 6.54 Å². The van der Waals surface area contributed by atoms with Crippen molar-refractivity contribution in [3.05, 3.63) is 39.7 Å². The van der Waals surface area contributed by atoms with Crippen LogP contribution in [0.2, 0.25) is 0 Å². The van der Waals surface area contributed by atoms with Gasteiger partial charge in [0.1, 0.15) is 5.76 Å². The summed E-state index contributed by atoms with van der Waals surface area (Å²) in [7, 11) is 0. The first-order valence-electron chi connectivity index (χ1n) is 6.21. The Morgan fingerprint density at radius 1 is 1.37 bits per heavy atom. The number of hydrogen-bond donors (Lipinski definition) is 1. The Labute approximate surface area is 126 Å². The molecule has 0 radical (unpaired) electrons. The highest BCUT2D eigenvalue weighted by Crippen LogP contribution is 2.32. The Bertz CT molecular complexity index is 549. The third-order valence-corrected chi connectivity index (χ3v) is 4.25. The fraction of sp³-hybridized carbons (Fsp3) is 0.357. The average Bonchev–Trinajstić information content (AvgIpc) is 2.68. The summed E-state index contributed by atoms with van der Waals surface area (Å²) in [5.41, 5.74) is 2.20. The van der Waals surface area contributed by atoms with E-state index >= 15 is 0 Å². The van der Waals surface area contributed by atoms with E-state index in [1.165, 1.54) is 10.5 Å². The molecule has 2 aromatic rings. The van der Waals surface area contributed by atoms with E-state index in [4.69, 9.17) is 4.42 Å². The van der Waals surface area contributed by atoms with E-state index in [9.17, 15) is 0 Å². The minimum atomic E-state index is 0.704. The zero-order valence-electron chi connectivity index (χ0n) is 11.3. The largest absolute Gasteiger partial charge is 0.436 e. The van der Waals surface area contributed by atoms with Gasteiger partial charge in [0, 0.05) is 15.9 Å². The zero-order chi connectivity index (χ0) is 13.8. The predicted octanol–water partition coefficient (Wildman–Crippen LogP) is 4.31. The number of benzene rings is 1. The molecule has 0 aliphatic rings. The topological polar surface area (TPSA) is 38.1 Å².